The van der Waals surface area contributed by atoms with E-state index in [-0.39, 0.29) is 6.04 Å². The third kappa shape index (κ3) is 2.02. The Bertz CT molecular complexity index is 461. The summed E-state index contributed by atoms with van der Waals surface area (Å²) < 4.78 is 3.47. The van der Waals surface area contributed by atoms with Gasteiger partial charge in [-0.3, -0.25) is 0 Å². The molecule has 0 amide bonds. The van der Waals surface area contributed by atoms with Gasteiger partial charge in [-0.15, -0.1) is 0 Å². The number of hydrogen-bond donors (Lipinski definition) is 1. The van der Waals surface area contributed by atoms with E-state index in [1.54, 1.807) is 0 Å². The molecule has 0 spiro atoms. The van der Waals surface area contributed by atoms with Crippen LogP contribution in [0.1, 0.15) is 19.0 Å². The summed E-state index contributed by atoms with van der Waals surface area (Å²) in [5.74, 6) is 0. The van der Waals surface area contributed by atoms with Crippen molar-refractivity contribution in [3.8, 4) is 0 Å². The van der Waals surface area contributed by atoms with Crippen molar-refractivity contribution in [2.75, 3.05) is 0 Å². The fourth-order valence-corrected chi connectivity index (χ4v) is 2.84. The lowest BCUT2D eigenvalue weighted by molar-refractivity contribution is 0.645. The lowest BCUT2D eigenvalue weighted by atomic mass is 10.1. The Balaban J connectivity index is 2.45. The van der Waals surface area contributed by atoms with Gasteiger partial charge in [-0.2, -0.15) is 0 Å². The number of hydrogen-bond acceptors (Lipinski definition) is 1. The van der Waals surface area contributed by atoms with Gasteiger partial charge in [0.15, 0.2) is 0 Å². The summed E-state index contributed by atoms with van der Waals surface area (Å²) in [7, 11) is 2.11. The first-order valence-electron chi connectivity index (χ1n) is 5.58. The molecule has 86 valence electrons. The number of aryl methyl sites for hydroxylation is 1. The lowest BCUT2D eigenvalue weighted by Gasteiger charge is -2.07. The second-order valence-corrected chi connectivity index (χ2v) is 5.15. The first-order valence-corrected chi connectivity index (χ1v) is 6.38. The largest absolute Gasteiger partial charge is 0.347 e. The van der Waals surface area contributed by atoms with Gasteiger partial charge < -0.3 is 10.3 Å². The zero-order valence-corrected chi connectivity index (χ0v) is 11.3. The van der Waals surface area contributed by atoms with Crippen LogP contribution in [0.2, 0.25) is 0 Å². The molecule has 2 N–H and O–H groups in total. The molecule has 2 rings (SSSR count). The van der Waals surface area contributed by atoms with Gasteiger partial charge in [0.1, 0.15) is 0 Å². The van der Waals surface area contributed by atoms with Crippen LogP contribution in [0.5, 0.6) is 0 Å². The maximum absolute atomic E-state index is 5.81. The van der Waals surface area contributed by atoms with Crippen LogP contribution in [0.3, 0.4) is 0 Å². The maximum Gasteiger partial charge on any atom is 0.0491 e. The average Bonchev–Trinajstić information content (AvgIpc) is 2.50. The topological polar surface area (TPSA) is 30.9 Å². The Morgan fingerprint density at radius 2 is 2.06 bits per heavy atom. The number of nitrogens with two attached hydrogens (primary N) is 1. The van der Waals surface area contributed by atoms with E-state index in [1.165, 1.54) is 21.1 Å². The molecule has 0 fully saturated rings. The molecular weight excluding hydrogens is 264 g/mol. The highest BCUT2D eigenvalue weighted by molar-refractivity contribution is 9.10. The van der Waals surface area contributed by atoms with Crippen molar-refractivity contribution in [2.45, 2.75) is 25.8 Å². The summed E-state index contributed by atoms with van der Waals surface area (Å²) in [6.07, 6.45) is 2.03. The second kappa shape index (κ2) is 4.60. The fraction of sp³-hybridized carbons (Fsp3) is 0.385. The van der Waals surface area contributed by atoms with Crippen molar-refractivity contribution in [3.63, 3.8) is 0 Å². The van der Waals surface area contributed by atoms with Crippen molar-refractivity contribution in [1.29, 1.82) is 0 Å². The number of nitrogens with zero attached hydrogens (tertiary/aromatic N) is 1. The standard InChI is InChI=1S/C13H17BrN2/c1-9(15)7-8-12-13(14)10-5-3-4-6-11(10)16(12)2/h3-6,9H,7-8,15H2,1-2H3. The lowest BCUT2D eigenvalue weighted by Crippen LogP contribution is -2.16. The van der Waals surface area contributed by atoms with Gasteiger partial charge in [0, 0.05) is 34.2 Å². The molecule has 0 bridgehead atoms. The van der Waals surface area contributed by atoms with Crippen LogP contribution in [0.4, 0.5) is 0 Å². The van der Waals surface area contributed by atoms with E-state index in [4.69, 9.17) is 5.73 Å². The number of halogens is 1. The van der Waals surface area contributed by atoms with Gasteiger partial charge in [-0.25, -0.2) is 0 Å². The van der Waals surface area contributed by atoms with Crippen molar-refractivity contribution >= 4 is 26.8 Å². The molecule has 0 radical (unpaired) electrons. The molecule has 0 aliphatic carbocycles. The van der Waals surface area contributed by atoms with Crippen LogP contribution in [0.15, 0.2) is 28.7 Å². The Hall–Kier alpha value is -0.800. The van der Waals surface area contributed by atoms with Crippen molar-refractivity contribution in [1.82, 2.24) is 4.57 Å². The normalized spacial score (nSPS) is 13.2. The van der Waals surface area contributed by atoms with Gasteiger partial charge in [-0.1, -0.05) is 18.2 Å². The summed E-state index contributed by atoms with van der Waals surface area (Å²) in [5, 5.41) is 1.28. The summed E-state index contributed by atoms with van der Waals surface area (Å²) in [6, 6.07) is 8.70. The minimum absolute atomic E-state index is 0.255. The molecule has 2 aromatic rings. The quantitative estimate of drug-likeness (QED) is 0.920. The van der Waals surface area contributed by atoms with Crippen LogP contribution in [0, 0.1) is 0 Å². The first kappa shape index (κ1) is 11.7. The van der Waals surface area contributed by atoms with Crippen LogP contribution in [-0.4, -0.2) is 10.6 Å². The minimum Gasteiger partial charge on any atom is -0.347 e. The van der Waals surface area contributed by atoms with Crippen LogP contribution < -0.4 is 5.73 Å². The monoisotopic (exact) mass is 280 g/mol. The minimum atomic E-state index is 0.255. The van der Waals surface area contributed by atoms with Crippen molar-refractivity contribution in [3.05, 3.63) is 34.4 Å². The molecular formula is C13H17BrN2. The highest BCUT2D eigenvalue weighted by atomic mass is 79.9. The van der Waals surface area contributed by atoms with Gasteiger partial charge in [0.25, 0.3) is 0 Å². The number of aromatic nitrogens is 1. The predicted octanol–water partition coefficient (Wildman–Crippen LogP) is 3.22. The van der Waals surface area contributed by atoms with E-state index in [2.05, 4.69) is 58.7 Å². The smallest absolute Gasteiger partial charge is 0.0491 e. The number of rotatable bonds is 3. The zero-order chi connectivity index (χ0) is 11.7. The summed E-state index contributed by atoms with van der Waals surface area (Å²) in [4.78, 5) is 0. The highest BCUT2D eigenvalue weighted by Gasteiger charge is 2.12. The Morgan fingerprint density at radius 1 is 1.38 bits per heavy atom. The van der Waals surface area contributed by atoms with Gasteiger partial charge >= 0.3 is 0 Å². The molecule has 1 aromatic carbocycles. The predicted molar refractivity (Wildman–Crippen MR) is 72.6 cm³/mol. The van der Waals surface area contributed by atoms with Gasteiger partial charge in [0.05, 0.1) is 0 Å². The molecule has 0 aliphatic heterocycles. The molecule has 0 saturated heterocycles. The summed E-state index contributed by atoms with van der Waals surface area (Å²) >= 11 is 3.69. The van der Waals surface area contributed by atoms with E-state index in [0.717, 1.165) is 12.8 Å². The maximum atomic E-state index is 5.81. The number of para-hydroxylation sites is 1. The number of benzene rings is 1. The van der Waals surface area contributed by atoms with E-state index >= 15 is 0 Å². The molecule has 1 atom stereocenters. The van der Waals surface area contributed by atoms with Crippen LogP contribution in [-0.2, 0) is 13.5 Å². The van der Waals surface area contributed by atoms with E-state index in [1.807, 2.05) is 0 Å². The van der Waals surface area contributed by atoms with Crippen LogP contribution in [0.25, 0.3) is 10.9 Å². The average molecular weight is 281 g/mol. The SMILES string of the molecule is CC(N)CCc1c(Br)c2ccccc2n1C. The fourth-order valence-electron chi connectivity index (χ4n) is 2.04. The molecule has 2 nitrogen and oxygen atoms in total. The Morgan fingerprint density at radius 3 is 2.69 bits per heavy atom. The molecule has 3 heteroatoms. The van der Waals surface area contributed by atoms with E-state index in [9.17, 15) is 0 Å². The third-order valence-electron chi connectivity index (χ3n) is 3.00. The molecule has 1 heterocycles. The molecule has 0 saturated carbocycles. The molecule has 1 aromatic heterocycles. The molecule has 1 unspecified atom stereocenters. The Kier molecular flexibility index (Phi) is 3.36. The highest BCUT2D eigenvalue weighted by Crippen LogP contribution is 2.30. The summed E-state index contributed by atoms with van der Waals surface area (Å²) in [5.41, 5.74) is 8.41. The summed E-state index contributed by atoms with van der Waals surface area (Å²) in [6.45, 7) is 2.05. The Labute approximate surface area is 105 Å². The first-order chi connectivity index (χ1) is 7.61. The van der Waals surface area contributed by atoms with Crippen molar-refractivity contribution < 1.29 is 0 Å². The number of fused-ring (bicyclic) bond motifs is 1. The third-order valence-corrected chi connectivity index (χ3v) is 3.88. The van der Waals surface area contributed by atoms with Crippen LogP contribution >= 0.6 is 15.9 Å². The second-order valence-electron chi connectivity index (χ2n) is 4.35. The van der Waals surface area contributed by atoms with Gasteiger partial charge in [-0.05, 0) is 41.8 Å². The van der Waals surface area contributed by atoms with E-state index < -0.39 is 0 Å². The van der Waals surface area contributed by atoms with Crippen molar-refractivity contribution in [2.24, 2.45) is 12.8 Å². The van der Waals surface area contributed by atoms with E-state index in [0.29, 0.717) is 0 Å². The molecule has 0 aliphatic rings. The molecule has 16 heavy (non-hydrogen) atoms. The van der Waals surface area contributed by atoms with Gasteiger partial charge in [0.2, 0.25) is 0 Å². The zero-order valence-electron chi connectivity index (χ0n) is 9.70.